The lowest BCUT2D eigenvalue weighted by atomic mass is 10.1. The van der Waals surface area contributed by atoms with Gasteiger partial charge in [0.05, 0.1) is 11.9 Å². The smallest absolute Gasteiger partial charge is 0.303 e. The van der Waals surface area contributed by atoms with E-state index < -0.39 is 11.5 Å². The van der Waals surface area contributed by atoms with Crippen LogP contribution in [0.25, 0.3) is 11.3 Å². The van der Waals surface area contributed by atoms with Crippen LogP contribution in [-0.2, 0) is 0 Å². The molecule has 2 rings (SSSR count). The molecule has 1 N–H and O–H groups in total. The fourth-order valence-corrected chi connectivity index (χ4v) is 1.33. The summed E-state index contributed by atoms with van der Waals surface area (Å²) in [6, 6.07) is 1.64. The van der Waals surface area contributed by atoms with E-state index in [0.29, 0.717) is 5.56 Å². The summed E-state index contributed by atoms with van der Waals surface area (Å²) in [5, 5.41) is 0. The standard InChI is InChI=1S/C10H8FN3O/c1-6-4-12-3-2-7(6)9-8(11)5-13-10(15)14-9/h2-5H,1H3,(H,13,14,15). The van der Waals surface area contributed by atoms with Crippen molar-refractivity contribution in [2.75, 3.05) is 0 Å². The Kier molecular flexibility index (Phi) is 2.29. The van der Waals surface area contributed by atoms with Crippen LogP contribution in [-0.4, -0.2) is 15.0 Å². The van der Waals surface area contributed by atoms with E-state index in [1.54, 1.807) is 25.4 Å². The third-order valence-corrected chi connectivity index (χ3v) is 2.06. The van der Waals surface area contributed by atoms with Gasteiger partial charge in [-0.3, -0.25) is 4.98 Å². The molecule has 0 saturated carbocycles. The topological polar surface area (TPSA) is 58.6 Å². The van der Waals surface area contributed by atoms with Gasteiger partial charge in [0.1, 0.15) is 0 Å². The largest absolute Gasteiger partial charge is 0.345 e. The van der Waals surface area contributed by atoms with Crippen LogP contribution in [0.3, 0.4) is 0 Å². The SMILES string of the molecule is Cc1cnccc1-c1[nH]c(=O)ncc1F. The van der Waals surface area contributed by atoms with Gasteiger partial charge in [0.2, 0.25) is 0 Å². The maximum absolute atomic E-state index is 13.4. The molecule has 0 bridgehead atoms. The molecular formula is C10H8FN3O. The van der Waals surface area contributed by atoms with E-state index >= 15 is 0 Å². The van der Waals surface area contributed by atoms with Crippen LogP contribution in [0.1, 0.15) is 5.56 Å². The normalized spacial score (nSPS) is 10.3. The number of aryl methyl sites for hydroxylation is 1. The third-order valence-electron chi connectivity index (χ3n) is 2.06. The molecule has 76 valence electrons. The Hall–Kier alpha value is -2.04. The first kappa shape index (κ1) is 9.51. The summed E-state index contributed by atoms with van der Waals surface area (Å²) in [7, 11) is 0. The summed E-state index contributed by atoms with van der Waals surface area (Å²) < 4.78 is 13.4. The Morgan fingerprint density at radius 1 is 1.40 bits per heavy atom. The monoisotopic (exact) mass is 205 g/mol. The number of H-pyrrole nitrogens is 1. The van der Waals surface area contributed by atoms with E-state index in [-0.39, 0.29) is 5.69 Å². The second-order valence-corrected chi connectivity index (χ2v) is 3.10. The first-order valence-corrected chi connectivity index (χ1v) is 4.34. The molecule has 0 aliphatic rings. The zero-order valence-corrected chi connectivity index (χ0v) is 7.99. The van der Waals surface area contributed by atoms with Crippen molar-refractivity contribution < 1.29 is 4.39 Å². The Bertz CT molecular complexity index is 550. The lowest BCUT2D eigenvalue weighted by Gasteiger charge is -2.04. The fraction of sp³-hybridized carbons (Fsp3) is 0.100. The number of nitrogens with one attached hydrogen (secondary N) is 1. The van der Waals surface area contributed by atoms with Crippen molar-refractivity contribution in [1.29, 1.82) is 0 Å². The van der Waals surface area contributed by atoms with E-state index in [9.17, 15) is 9.18 Å². The molecule has 0 spiro atoms. The molecule has 0 unspecified atom stereocenters. The van der Waals surface area contributed by atoms with Gasteiger partial charge in [-0.2, -0.15) is 4.98 Å². The summed E-state index contributed by atoms with van der Waals surface area (Å²) in [6.45, 7) is 1.79. The number of aromatic amines is 1. The molecule has 0 amide bonds. The molecule has 2 aromatic heterocycles. The molecule has 0 aromatic carbocycles. The van der Waals surface area contributed by atoms with Crippen LogP contribution >= 0.6 is 0 Å². The van der Waals surface area contributed by atoms with E-state index in [1.807, 2.05) is 0 Å². The van der Waals surface area contributed by atoms with Gasteiger partial charge >= 0.3 is 5.69 Å². The second kappa shape index (κ2) is 3.61. The minimum absolute atomic E-state index is 0.148. The van der Waals surface area contributed by atoms with E-state index in [1.165, 1.54) is 0 Å². The number of pyridine rings is 1. The van der Waals surface area contributed by atoms with Gasteiger partial charge in [-0.1, -0.05) is 0 Å². The van der Waals surface area contributed by atoms with Gasteiger partial charge in [0.25, 0.3) is 0 Å². The molecule has 5 heteroatoms. The molecule has 0 aliphatic carbocycles. The zero-order chi connectivity index (χ0) is 10.8. The van der Waals surface area contributed by atoms with Gasteiger partial charge in [-0.15, -0.1) is 0 Å². The quantitative estimate of drug-likeness (QED) is 0.762. The highest BCUT2D eigenvalue weighted by Crippen LogP contribution is 2.20. The van der Waals surface area contributed by atoms with E-state index in [2.05, 4.69) is 15.0 Å². The third kappa shape index (κ3) is 1.76. The van der Waals surface area contributed by atoms with Crippen LogP contribution in [0.4, 0.5) is 4.39 Å². The first-order valence-electron chi connectivity index (χ1n) is 4.34. The summed E-state index contributed by atoms with van der Waals surface area (Å²) in [5.41, 5.74) is 0.984. The second-order valence-electron chi connectivity index (χ2n) is 3.10. The molecule has 0 radical (unpaired) electrons. The fourth-order valence-electron chi connectivity index (χ4n) is 1.33. The van der Waals surface area contributed by atoms with Gasteiger partial charge < -0.3 is 4.98 Å². The van der Waals surface area contributed by atoms with Crippen LogP contribution < -0.4 is 5.69 Å². The van der Waals surface area contributed by atoms with E-state index in [4.69, 9.17) is 0 Å². The van der Waals surface area contributed by atoms with Crippen molar-refractivity contribution in [3.8, 4) is 11.3 Å². The van der Waals surface area contributed by atoms with Crippen molar-refractivity contribution in [2.45, 2.75) is 6.92 Å². The molecule has 15 heavy (non-hydrogen) atoms. The summed E-state index contributed by atoms with van der Waals surface area (Å²) in [5.74, 6) is -0.552. The lowest BCUT2D eigenvalue weighted by Crippen LogP contribution is -2.12. The van der Waals surface area contributed by atoms with Crippen molar-refractivity contribution in [1.82, 2.24) is 15.0 Å². The average molecular weight is 205 g/mol. The number of aromatic nitrogens is 3. The van der Waals surface area contributed by atoms with Crippen molar-refractivity contribution in [3.05, 3.63) is 46.5 Å². The Morgan fingerprint density at radius 2 is 2.20 bits per heavy atom. The lowest BCUT2D eigenvalue weighted by molar-refractivity contribution is 0.615. The van der Waals surface area contributed by atoms with Crippen molar-refractivity contribution in [2.24, 2.45) is 0 Å². The highest BCUT2D eigenvalue weighted by molar-refractivity contribution is 5.62. The van der Waals surface area contributed by atoms with Crippen LogP contribution in [0.15, 0.2) is 29.5 Å². The number of rotatable bonds is 1. The molecule has 4 nitrogen and oxygen atoms in total. The van der Waals surface area contributed by atoms with Gasteiger partial charge in [0.15, 0.2) is 5.82 Å². The zero-order valence-electron chi connectivity index (χ0n) is 7.99. The molecule has 0 atom stereocenters. The van der Waals surface area contributed by atoms with E-state index in [0.717, 1.165) is 11.8 Å². The number of hydrogen-bond acceptors (Lipinski definition) is 3. The minimum Gasteiger partial charge on any atom is -0.303 e. The highest BCUT2D eigenvalue weighted by Gasteiger charge is 2.08. The molecule has 0 fully saturated rings. The maximum Gasteiger partial charge on any atom is 0.345 e. The molecule has 2 aromatic rings. The van der Waals surface area contributed by atoms with Crippen LogP contribution in [0.2, 0.25) is 0 Å². The molecule has 0 saturated heterocycles. The number of nitrogens with zero attached hydrogens (tertiary/aromatic N) is 2. The number of hydrogen-bond donors (Lipinski definition) is 1. The van der Waals surface area contributed by atoms with Gasteiger partial charge in [-0.25, -0.2) is 9.18 Å². The predicted octanol–water partition coefficient (Wildman–Crippen LogP) is 1.28. The maximum atomic E-state index is 13.4. The van der Waals surface area contributed by atoms with Gasteiger partial charge in [-0.05, 0) is 18.6 Å². The minimum atomic E-state index is -0.567. The van der Waals surface area contributed by atoms with Crippen molar-refractivity contribution >= 4 is 0 Å². The highest BCUT2D eigenvalue weighted by atomic mass is 19.1. The summed E-state index contributed by atoms with van der Waals surface area (Å²) >= 11 is 0. The predicted molar refractivity (Wildman–Crippen MR) is 52.8 cm³/mol. The number of halogens is 1. The summed E-state index contributed by atoms with van der Waals surface area (Å²) in [6.07, 6.45) is 4.06. The average Bonchev–Trinajstić information content (AvgIpc) is 2.23. The Morgan fingerprint density at radius 3 is 2.93 bits per heavy atom. The molecule has 2 heterocycles. The van der Waals surface area contributed by atoms with Gasteiger partial charge in [0, 0.05) is 18.0 Å². The van der Waals surface area contributed by atoms with Crippen LogP contribution in [0.5, 0.6) is 0 Å². The molecular weight excluding hydrogens is 197 g/mol. The molecule has 0 aliphatic heterocycles. The van der Waals surface area contributed by atoms with Crippen molar-refractivity contribution in [3.63, 3.8) is 0 Å². The first-order chi connectivity index (χ1) is 7.18. The summed E-state index contributed by atoms with van der Waals surface area (Å²) in [4.78, 5) is 20.5. The Labute approximate surface area is 84.8 Å². The Balaban J connectivity index is 2.69. The van der Waals surface area contributed by atoms with Crippen LogP contribution in [0, 0.1) is 12.7 Å².